The van der Waals surface area contributed by atoms with Crippen molar-refractivity contribution in [3.63, 3.8) is 0 Å². The Bertz CT molecular complexity index is 46.9. The van der Waals surface area contributed by atoms with E-state index in [4.69, 9.17) is 5.73 Å². The number of hydrogen-bond acceptors (Lipinski definition) is 2. The van der Waals surface area contributed by atoms with E-state index in [-0.39, 0.29) is 5.17 Å². The summed E-state index contributed by atoms with van der Waals surface area (Å²) in [4.78, 5) is 0. The van der Waals surface area contributed by atoms with Crippen molar-refractivity contribution in [2.24, 2.45) is 5.73 Å². The first-order chi connectivity index (χ1) is 2.27. The molecule has 0 radical (unpaired) electrons. The van der Waals surface area contributed by atoms with Crippen LogP contribution in [0, 0.1) is 0 Å². The predicted octanol–water partition coefficient (Wildman–Crippen LogP) is -0.292. The van der Waals surface area contributed by atoms with E-state index in [1.165, 1.54) is 0 Å². The second kappa shape index (κ2) is 2.58. The summed E-state index contributed by atoms with van der Waals surface area (Å²) in [6.45, 7) is 0. The van der Waals surface area contributed by atoms with Gasteiger partial charge in [-0.2, -0.15) is 0 Å². The van der Waals surface area contributed by atoms with Crippen molar-refractivity contribution in [2.45, 2.75) is 0 Å². The van der Waals surface area contributed by atoms with Crippen molar-refractivity contribution >= 4 is 17.4 Å². The summed E-state index contributed by atoms with van der Waals surface area (Å²) >= 11 is 5.37. The molecule has 30 valence electrons. The zero-order chi connectivity index (χ0) is 4.28. The third-order valence-corrected chi connectivity index (χ3v) is 1.14. The molecule has 0 saturated carbocycles. The Labute approximate surface area is 46.5 Å². The van der Waals surface area contributed by atoms with Crippen LogP contribution in [0.1, 0.15) is 0 Å². The Kier molecular flexibility index (Phi) is 2.76. The van der Waals surface area contributed by atoms with E-state index in [0.717, 1.165) is 19.6 Å². The zero-order valence-electron chi connectivity index (χ0n) is 2.27. The number of hydrogen-bond donors (Lipinski definition) is 1. The molecule has 0 aromatic carbocycles. The van der Waals surface area contributed by atoms with Gasteiger partial charge in [-0.25, -0.2) is 0 Å². The van der Waals surface area contributed by atoms with Gasteiger partial charge in [0.15, 0.2) is 0 Å². The first kappa shape index (κ1) is 5.35. The molecule has 2 nitrogen and oxygen atoms in total. The summed E-state index contributed by atoms with van der Waals surface area (Å²) in [6, 6.07) is 0. The Morgan fingerprint density at radius 1 is 2.00 bits per heavy atom. The fourth-order valence-corrected chi connectivity index (χ4v) is 0. The van der Waals surface area contributed by atoms with E-state index in [9.17, 15) is 0 Å². The van der Waals surface area contributed by atoms with E-state index in [1.54, 1.807) is 0 Å². The van der Waals surface area contributed by atoms with Gasteiger partial charge in [-0.1, -0.05) is 0 Å². The molecule has 0 aliphatic rings. The van der Waals surface area contributed by atoms with Gasteiger partial charge in [-0.3, -0.25) is 0 Å². The molecule has 4 heteroatoms. The molecule has 5 heavy (non-hydrogen) atoms. The predicted molar refractivity (Wildman–Crippen MR) is 17.9 cm³/mol. The molecule has 0 amide bonds. The quantitative estimate of drug-likeness (QED) is 0.609. The van der Waals surface area contributed by atoms with Crippen LogP contribution < -0.4 is 5.73 Å². The van der Waals surface area contributed by atoms with Crippen molar-refractivity contribution in [3.8, 4) is 0 Å². The fraction of sp³-hybridized carbons (Fsp3) is 0. The van der Waals surface area contributed by atoms with Crippen molar-refractivity contribution in [2.75, 3.05) is 0 Å². The summed E-state index contributed by atoms with van der Waals surface area (Å²) in [6.07, 6.45) is 0. The van der Waals surface area contributed by atoms with Crippen LogP contribution in [0.25, 0.3) is 0 Å². The molecular formula is CH2NOReS. The molecule has 0 aliphatic carbocycles. The summed E-state index contributed by atoms with van der Waals surface area (Å²) in [5.74, 6) is 0. The Morgan fingerprint density at radius 3 is 2.20 bits per heavy atom. The molecule has 0 fully saturated rings. The van der Waals surface area contributed by atoms with Gasteiger partial charge >= 0.3 is 46.2 Å². The third kappa shape index (κ3) is 4.35. The number of nitrogens with two attached hydrogens (primary N) is 1. The molecule has 0 aromatic heterocycles. The standard InChI is InChI=1S/CH3NOS.Re/c2-1(3)4;/h(H3,2,3,4);/q;+1/p-1. The van der Waals surface area contributed by atoms with Gasteiger partial charge < -0.3 is 0 Å². The van der Waals surface area contributed by atoms with Crippen molar-refractivity contribution in [1.29, 1.82) is 0 Å². The first-order valence-electron chi connectivity index (χ1n) is 0.851. The normalized spacial score (nSPS) is 6.60. The first-order valence-corrected chi connectivity index (χ1v) is 2.37. The van der Waals surface area contributed by atoms with E-state index in [0.29, 0.717) is 0 Å². The summed E-state index contributed by atoms with van der Waals surface area (Å²) < 4.78 is 4.31. The van der Waals surface area contributed by atoms with Gasteiger partial charge in [-0.05, 0) is 0 Å². The Hall–Kier alpha value is 0.352. The molecule has 0 bridgehead atoms. The topological polar surface area (TPSA) is 35.2 Å². The van der Waals surface area contributed by atoms with Crippen LogP contribution in [-0.4, -0.2) is 5.17 Å². The van der Waals surface area contributed by atoms with E-state index in [1.807, 2.05) is 0 Å². The second-order valence-electron chi connectivity index (χ2n) is 0.396. The van der Waals surface area contributed by atoms with E-state index < -0.39 is 0 Å². The van der Waals surface area contributed by atoms with Gasteiger partial charge in [0.2, 0.25) is 0 Å². The van der Waals surface area contributed by atoms with Crippen LogP contribution in [-0.2, 0) is 23.0 Å². The zero-order valence-corrected chi connectivity index (χ0v) is 5.80. The maximum absolute atomic E-state index is 4.81. The summed E-state index contributed by atoms with van der Waals surface area (Å²) in [7, 11) is 0. The second-order valence-corrected chi connectivity index (χ2v) is 1.35. The average molecular weight is 262 g/mol. The molecule has 2 N–H and O–H groups in total. The van der Waals surface area contributed by atoms with Crippen LogP contribution >= 0.6 is 12.2 Å². The maximum atomic E-state index is 4.81. The van der Waals surface area contributed by atoms with E-state index in [2.05, 4.69) is 15.7 Å². The van der Waals surface area contributed by atoms with Gasteiger partial charge in [0, 0.05) is 0 Å². The molecule has 0 aromatic rings. The summed E-state index contributed by atoms with van der Waals surface area (Å²) in [5, 5.41) is 0.113. The minimum absolute atomic E-state index is 0.113. The van der Waals surface area contributed by atoms with Gasteiger partial charge in [0.05, 0.1) is 0 Å². The molecule has 0 unspecified atom stereocenters. The van der Waals surface area contributed by atoms with Crippen molar-refractivity contribution in [3.05, 3.63) is 0 Å². The average Bonchev–Trinajstić information content (AvgIpc) is 1.38. The number of rotatable bonds is 0. The Balaban J connectivity index is 2.85. The molecule has 0 atom stereocenters. The molecular weight excluding hydrogens is 260 g/mol. The van der Waals surface area contributed by atoms with Gasteiger partial charge in [0.25, 0.3) is 0 Å². The summed E-state index contributed by atoms with van der Waals surface area (Å²) in [5.41, 5.74) is 4.81. The third-order valence-electron chi connectivity index (χ3n) is 0.0760. The van der Waals surface area contributed by atoms with Crippen molar-refractivity contribution < 1.29 is 23.0 Å². The SMILES string of the molecule is NC(=S)[O][Re]. The molecule has 0 saturated heterocycles. The monoisotopic (exact) mass is 263 g/mol. The number of thiocarbonyl (C=S) groups is 1. The van der Waals surface area contributed by atoms with Gasteiger partial charge in [0.1, 0.15) is 0 Å². The molecule has 0 heterocycles. The molecule has 0 rings (SSSR count). The van der Waals surface area contributed by atoms with Gasteiger partial charge in [-0.15, -0.1) is 0 Å². The molecule has 0 spiro atoms. The fourth-order valence-electron chi connectivity index (χ4n) is 0. The van der Waals surface area contributed by atoms with Crippen LogP contribution in [0.4, 0.5) is 0 Å². The van der Waals surface area contributed by atoms with Crippen molar-refractivity contribution in [1.82, 2.24) is 0 Å². The Morgan fingerprint density at radius 2 is 2.20 bits per heavy atom. The van der Waals surface area contributed by atoms with Crippen LogP contribution in [0.15, 0.2) is 0 Å². The minimum atomic E-state index is 0.113. The van der Waals surface area contributed by atoms with Crippen LogP contribution in [0.3, 0.4) is 0 Å². The van der Waals surface area contributed by atoms with E-state index >= 15 is 0 Å². The molecule has 0 aliphatic heterocycles. The van der Waals surface area contributed by atoms with Crippen LogP contribution in [0.5, 0.6) is 0 Å². The van der Waals surface area contributed by atoms with Crippen LogP contribution in [0.2, 0.25) is 0 Å².